The van der Waals surface area contributed by atoms with Crippen molar-refractivity contribution >= 4 is 29.2 Å². The van der Waals surface area contributed by atoms with Gasteiger partial charge in [-0.05, 0) is 36.4 Å². The maximum absolute atomic E-state index is 13.1. The van der Waals surface area contributed by atoms with E-state index in [1.807, 2.05) is 42.5 Å². The van der Waals surface area contributed by atoms with Gasteiger partial charge in [0.2, 0.25) is 0 Å². The molecule has 7 heteroatoms. The fourth-order valence-corrected chi connectivity index (χ4v) is 3.31. The highest BCUT2D eigenvalue weighted by molar-refractivity contribution is 7.99. The molecule has 0 atom stereocenters. The largest absolute Gasteiger partial charge is 0.418 e. The number of carbonyl (C=O) groups excluding carboxylic acids is 1. The lowest BCUT2D eigenvalue weighted by Gasteiger charge is -2.15. The Morgan fingerprint density at radius 1 is 0.741 bits per heavy atom. The Bertz CT molecular complexity index is 930. The second-order valence-corrected chi connectivity index (χ2v) is 6.65. The lowest BCUT2D eigenvalue weighted by molar-refractivity contribution is -0.136. The quantitative estimate of drug-likeness (QED) is 0.536. The van der Waals surface area contributed by atoms with Crippen molar-refractivity contribution in [2.45, 2.75) is 16.0 Å². The van der Waals surface area contributed by atoms with Crippen LogP contribution in [0.15, 0.2) is 88.7 Å². The lowest BCUT2D eigenvalue weighted by atomic mass is 10.1. The van der Waals surface area contributed by atoms with Crippen molar-refractivity contribution < 1.29 is 18.0 Å². The Labute approximate surface area is 158 Å². The number of urea groups is 1. The summed E-state index contributed by atoms with van der Waals surface area (Å²) in [5, 5.41) is 4.90. The molecule has 0 saturated carbocycles. The molecule has 0 bridgehead atoms. The number of rotatable bonds is 4. The van der Waals surface area contributed by atoms with Gasteiger partial charge in [0.1, 0.15) is 0 Å². The van der Waals surface area contributed by atoms with Crippen molar-refractivity contribution in [3.05, 3.63) is 84.4 Å². The number of benzene rings is 3. The molecule has 3 nitrogen and oxygen atoms in total. The minimum absolute atomic E-state index is 0.296. The van der Waals surface area contributed by atoms with Crippen LogP contribution in [0.3, 0.4) is 0 Å². The number of halogens is 3. The summed E-state index contributed by atoms with van der Waals surface area (Å²) in [5.41, 5.74) is -0.684. The average Bonchev–Trinajstić information content (AvgIpc) is 2.64. The zero-order valence-electron chi connectivity index (χ0n) is 14.0. The number of alkyl halides is 3. The first kappa shape index (κ1) is 18.8. The SMILES string of the molecule is O=C(Nc1ccccc1Sc1ccccc1)Nc1ccccc1C(F)(F)F. The van der Waals surface area contributed by atoms with Gasteiger partial charge in [0.25, 0.3) is 0 Å². The molecule has 27 heavy (non-hydrogen) atoms. The number of hydrogen-bond donors (Lipinski definition) is 2. The van der Waals surface area contributed by atoms with Gasteiger partial charge in [-0.1, -0.05) is 54.2 Å². The smallest absolute Gasteiger partial charge is 0.307 e. The molecule has 0 unspecified atom stereocenters. The van der Waals surface area contributed by atoms with E-state index >= 15 is 0 Å². The van der Waals surface area contributed by atoms with Crippen molar-refractivity contribution in [2.24, 2.45) is 0 Å². The summed E-state index contributed by atoms with van der Waals surface area (Å²) in [5.74, 6) is 0. The van der Waals surface area contributed by atoms with E-state index in [-0.39, 0.29) is 5.69 Å². The molecule has 2 amide bonds. The number of para-hydroxylation sites is 2. The van der Waals surface area contributed by atoms with Crippen LogP contribution in [-0.2, 0) is 6.18 Å². The highest BCUT2D eigenvalue weighted by Crippen LogP contribution is 2.35. The van der Waals surface area contributed by atoms with Gasteiger partial charge in [-0.2, -0.15) is 13.2 Å². The van der Waals surface area contributed by atoms with Gasteiger partial charge in [0, 0.05) is 9.79 Å². The van der Waals surface area contributed by atoms with Crippen LogP contribution in [0.25, 0.3) is 0 Å². The first-order valence-electron chi connectivity index (χ1n) is 7.99. The number of anilines is 2. The van der Waals surface area contributed by atoms with Crippen LogP contribution in [0.1, 0.15) is 5.56 Å². The molecule has 3 aromatic rings. The Morgan fingerprint density at radius 3 is 2.00 bits per heavy atom. The van der Waals surface area contributed by atoms with E-state index in [0.717, 1.165) is 15.9 Å². The van der Waals surface area contributed by atoms with Crippen LogP contribution in [0.4, 0.5) is 29.3 Å². The zero-order chi connectivity index (χ0) is 19.3. The molecule has 3 aromatic carbocycles. The van der Waals surface area contributed by atoms with Crippen molar-refractivity contribution in [1.29, 1.82) is 0 Å². The third-order valence-corrected chi connectivity index (χ3v) is 4.67. The Kier molecular flexibility index (Phi) is 5.71. The van der Waals surface area contributed by atoms with Crippen LogP contribution in [0, 0.1) is 0 Å². The topological polar surface area (TPSA) is 41.1 Å². The Hall–Kier alpha value is -2.93. The Morgan fingerprint density at radius 2 is 1.30 bits per heavy atom. The molecule has 2 N–H and O–H groups in total. The first-order chi connectivity index (χ1) is 12.9. The average molecular weight is 388 g/mol. The molecule has 0 saturated heterocycles. The second-order valence-electron chi connectivity index (χ2n) is 5.53. The minimum atomic E-state index is -4.55. The van der Waals surface area contributed by atoms with Gasteiger partial charge < -0.3 is 10.6 Å². The summed E-state index contributed by atoms with van der Waals surface area (Å²) < 4.78 is 39.2. The summed E-state index contributed by atoms with van der Waals surface area (Å²) in [7, 11) is 0. The fraction of sp³-hybridized carbons (Fsp3) is 0.0500. The number of carbonyl (C=O) groups is 1. The highest BCUT2D eigenvalue weighted by Gasteiger charge is 2.33. The van der Waals surface area contributed by atoms with E-state index in [9.17, 15) is 18.0 Å². The molecule has 0 aliphatic heterocycles. The normalized spacial score (nSPS) is 11.1. The predicted octanol–water partition coefficient (Wildman–Crippen LogP) is 6.50. The van der Waals surface area contributed by atoms with Crippen LogP contribution < -0.4 is 10.6 Å². The predicted molar refractivity (Wildman–Crippen MR) is 101 cm³/mol. The third kappa shape index (κ3) is 5.04. The van der Waals surface area contributed by atoms with Gasteiger partial charge in [0.05, 0.1) is 16.9 Å². The second kappa shape index (κ2) is 8.18. The third-order valence-electron chi connectivity index (χ3n) is 3.59. The monoisotopic (exact) mass is 388 g/mol. The fourth-order valence-electron chi connectivity index (χ4n) is 2.39. The van der Waals surface area contributed by atoms with Crippen LogP contribution in [0.5, 0.6) is 0 Å². The molecule has 0 spiro atoms. The van der Waals surface area contributed by atoms with Crippen LogP contribution in [0.2, 0.25) is 0 Å². The molecule has 138 valence electrons. The summed E-state index contributed by atoms with van der Waals surface area (Å²) in [6, 6.07) is 20.8. The van der Waals surface area contributed by atoms with E-state index in [1.54, 1.807) is 12.1 Å². The minimum Gasteiger partial charge on any atom is -0.307 e. The van der Waals surface area contributed by atoms with Crippen molar-refractivity contribution in [1.82, 2.24) is 0 Å². The molecule has 0 heterocycles. The van der Waals surface area contributed by atoms with Gasteiger partial charge in [-0.15, -0.1) is 0 Å². The van der Waals surface area contributed by atoms with Gasteiger partial charge in [-0.3, -0.25) is 0 Å². The summed E-state index contributed by atoms with van der Waals surface area (Å²) in [6.07, 6.45) is -4.55. The van der Waals surface area contributed by atoms with Crippen LogP contribution in [-0.4, -0.2) is 6.03 Å². The summed E-state index contributed by atoms with van der Waals surface area (Å²) in [4.78, 5) is 14.0. The standard InChI is InChI=1S/C20H15F3N2OS/c21-20(22,23)15-10-4-5-11-16(15)24-19(26)25-17-12-6-7-13-18(17)27-14-8-2-1-3-9-14/h1-13H,(H2,24,25,26). The van der Waals surface area contributed by atoms with E-state index in [4.69, 9.17) is 0 Å². The van der Waals surface area contributed by atoms with E-state index in [1.165, 1.54) is 30.0 Å². The molecule has 0 aromatic heterocycles. The molecule has 0 aliphatic rings. The molecule has 0 fully saturated rings. The maximum Gasteiger partial charge on any atom is 0.418 e. The molecular weight excluding hydrogens is 373 g/mol. The number of amides is 2. The van der Waals surface area contributed by atoms with Crippen LogP contribution >= 0.6 is 11.8 Å². The van der Waals surface area contributed by atoms with Crippen molar-refractivity contribution in [3.63, 3.8) is 0 Å². The maximum atomic E-state index is 13.1. The number of hydrogen-bond acceptors (Lipinski definition) is 2. The van der Waals surface area contributed by atoms with Gasteiger partial charge in [0.15, 0.2) is 0 Å². The lowest BCUT2D eigenvalue weighted by Crippen LogP contribution is -2.22. The molecule has 0 aliphatic carbocycles. The van der Waals surface area contributed by atoms with E-state index in [2.05, 4.69) is 10.6 Å². The Balaban J connectivity index is 1.76. The zero-order valence-corrected chi connectivity index (χ0v) is 14.8. The molecule has 3 rings (SSSR count). The van der Waals surface area contributed by atoms with Gasteiger partial charge in [-0.25, -0.2) is 4.79 Å². The first-order valence-corrected chi connectivity index (χ1v) is 8.81. The van der Waals surface area contributed by atoms with Crippen molar-refractivity contribution in [2.75, 3.05) is 10.6 Å². The molecular formula is C20H15F3N2OS. The summed E-state index contributed by atoms with van der Waals surface area (Å²) >= 11 is 1.45. The highest BCUT2D eigenvalue weighted by atomic mass is 32.2. The van der Waals surface area contributed by atoms with Crippen molar-refractivity contribution in [3.8, 4) is 0 Å². The summed E-state index contributed by atoms with van der Waals surface area (Å²) in [6.45, 7) is 0. The molecule has 0 radical (unpaired) electrons. The van der Waals surface area contributed by atoms with E-state index < -0.39 is 17.8 Å². The van der Waals surface area contributed by atoms with Gasteiger partial charge >= 0.3 is 12.2 Å². The number of nitrogens with one attached hydrogen (secondary N) is 2. The van der Waals surface area contributed by atoms with E-state index in [0.29, 0.717) is 5.69 Å².